The molecule has 0 radical (unpaired) electrons. The SMILES string of the molecule is Cc1ccc(C(C)N[C@H](C)CCO)cc1C. The highest BCUT2D eigenvalue weighted by Crippen LogP contribution is 2.17. The average molecular weight is 221 g/mol. The predicted molar refractivity (Wildman–Crippen MR) is 68.6 cm³/mol. The van der Waals surface area contributed by atoms with E-state index in [1.807, 2.05) is 0 Å². The molecule has 0 aliphatic carbocycles. The molecule has 0 fully saturated rings. The van der Waals surface area contributed by atoms with Crippen LogP contribution in [0.1, 0.15) is 43.0 Å². The van der Waals surface area contributed by atoms with Gasteiger partial charge in [0.25, 0.3) is 0 Å². The first-order valence-electron chi connectivity index (χ1n) is 5.98. The van der Waals surface area contributed by atoms with Crippen molar-refractivity contribution in [2.24, 2.45) is 0 Å². The number of hydrogen-bond donors (Lipinski definition) is 2. The van der Waals surface area contributed by atoms with E-state index >= 15 is 0 Å². The number of aliphatic hydroxyl groups excluding tert-OH is 1. The highest BCUT2D eigenvalue weighted by molar-refractivity contribution is 5.31. The fraction of sp³-hybridized carbons (Fsp3) is 0.571. The lowest BCUT2D eigenvalue weighted by Gasteiger charge is -2.20. The lowest BCUT2D eigenvalue weighted by molar-refractivity contribution is 0.264. The fourth-order valence-corrected chi connectivity index (χ4v) is 1.83. The van der Waals surface area contributed by atoms with Gasteiger partial charge in [0.15, 0.2) is 0 Å². The summed E-state index contributed by atoms with van der Waals surface area (Å²) in [5, 5.41) is 12.3. The van der Waals surface area contributed by atoms with E-state index in [9.17, 15) is 0 Å². The van der Waals surface area contributed by atoms with Gasteiger partial charge in [-0.25, -0.2) is 0 Å². The summed E-state index contributed by atoms with van der Waals surface area (Å²) in [5.41, 5.74) is 3.98. The Labute approximate surface area is 98.7 Å². The first-order chi connectivity index (χ1) is 7.54. The first-order valence-corrected chi connectivity index (χ1v) is 5.98. The summed E-state index contributed by atoms with van der Waals surface area (Å²) in [6, 6.07) is 7.26. The van der Waals surface area contributed by atoms with Crippen LogP contribution in [0.25, 0.3) is 0 Å². The second kappa shape index (κ2) is 6.02. The second-order valence-electron chi connectivity index (χ2n) is 4.65. The summed E-state index contributed by atoms with van der Waals surface area (Å²) in [6.07, 6.45) is 0.801. The van der Waals surface area contributed by atoms with Crippen LogP contribution < -0.4 is 5.32 Å². The quantitative estimate of drug-likeness (QED) is 0.801. The zero-order valence-electron chi connectivity index (χ0n) is 10.7. The normalized spacial score (nSPS) is 14.8. The molecule has 0 spiro atoms. The molecule has 0 aliphatic rings. The molecular weight excluding hydrogens is 198 g/mol. The van der Waals surface area contributed by atoms with Gasteiger partial charge in [-0.15, -0.1) is 0 Å². The van der Waals surface area contributed by atoms with Gasteiger partial charge in [-0.1, -0.05) is 18.2 Å². The largest absolute Gasteiger partial charge is 0.396 e. The third-order valence-electron chi connectivity index (χ3n) is 3.13. The Morgan fingerprint density at radius 1 is 1.19 bits per heavy atom. The number of nitrogens with one attached hydrogen (secondary N) is 1. The minimum atomic E-state index is 0.244. The molecule has 0 aromatic heterocycles. The smallest absolute Gasteiger partial charge is 0.0445 e. The number of hydrogen-bond acceptors (Lipinski definition) is 2. The van der Waals surface area contributed by atoms with E-state index in [0.717, 1.165) is 6.42 Å². The Balaban J connectivity index is 2.65. The molecule has 0 heterocycles. The summed E-state index contributed by atoms with van der Waals surface area (Å²) in [5.74, 6) is 0. The third kappa shape index (κ3) is 3.62. The molecule has 1 aromatic carbocycles. The molecule has 16 heavy (non-hydrogen) atoms. The maximum Gasteiger partial charge on any atom is 0.0445 e. The average Bonchev–Trinajstić information content (AvgIpc) is 2.22. The highest BCUT2D eigenvalue weighted by Gasteiger charge is 2.09. The van der Waals surface area contributed by atoms with Crippen molar-refractivity contribution in [3.8, 4) is 0 Å². The van der Waals surface area contributed by atoms with Crippen molar-refractivity contribution in [2.75, 3.05) is 6.61 Å². The van der Waals surface area contributed by atoms with Gasteiger partial charge >= 0.3 is 0 Å². The maximum atomic E-state index is 8.86. The molecule has 0 saturated carbocycles. The van der Waals surface area contributed by atoms with E-state index in [0.29, 0.717) is 12.1 Å². The van der Waals surface area contributed by atoms with Crippen LogP contribution >= 0.6 is 0 Å². The van der Waals surface area contributed by atoms with Crippen LogP contribution in [0.2, 0.25) is 0 Å². The Morgan fingerprint density at radius 3 is 2.44 bits per heavy atom. The first kappa shape index (κ1) is 13.2. The number of aryl methyl sites for hydroxylation is 2. The Kier molecular flexibility index (Phi) is 4.97. The van der Waals surface area contributed by atoms with Crippen molar-refractivity contribution >= 4 is 0 Å². The monoisotopic (exact) mass is 221 g/mol. The minimum Gasteiger partial charge on any atom is -0.396 e. The van der Waals surface area contributed by atoms with Gasteiger partial charge in [0.1, 0.15) is 0 Å². The van der Waals surface area contributed by atoms with Gasteiger partial charge in [-0.2, -0.15) is 0 Å². The van der Waals surface area contributed by atoms with E-state index in [-0.39, 0.29) is 6.61 Å². The standard InChI is InChI=1S/C14H23NO/c1-10-5-6-14(9-11(10)2)13(4)15-12(3)7-8-16/h5-6,9,12-13,15-16H,7-8H2,1-4H3/t12-,13?/m1/s1. The Hall–Kier alpha value is -0.860. The molecule has 1 aromatic rings. The van der Waals surface area contributed by atoms with Crippen molar-refractivity contribution in [2.45, 2.75) is 46.2 Å². The predicted octanol–water partition coefficient (Wildman–Crippen LogP) is 2.72. The van der Waals surface area contributed by atoms with Crippen LogP contribution in [0, 0.1) is 13.8 Å². The van der Waals surface area contributed by atoms with Crippen LogP contribution in [0.5, 0.6) is 0 Å². The zero-order valence-corrected chi connectivity index (χ0v) is 10.7. The van der Waals surface area contributed by atoms with E-state index in [2.05, 4.69) is 51.2 Å². The highest BCUT2D eigenvalue weighted by atomic mass is 16.3. The molecule has 2 atom stereocenters. The van der Waals surface area contributed by atoms with Gasteiger partial charge in [0.05, 0.1) is 0 Å². The second-order valence-corrected chi connectivity index (χ2v) is 4.65. The van der Waals surface area contributed by atoms with Crippen molar-refractivity contribution in [1.29, 1.82) is 0 Å². The summed E-state index contributed by atoms with van der Waals surface area (Å²) < 4.78 is 0. The van der Waals surface area contributed by atoms with Crippen molar-refractivity contribution in [3.63, 3.8) is 0 Å². The molecule has 0 saturated heterocycles. The van der Waals surface area contributed by atoms with Crippen LogP contribution in [0.4, 0.5) is 0 Å². The van der Waals surface area contributed by atoms with Crippen LogP contribution in [0.3, 0.4) is 0 Å². The summed E-state index contributed by atoms with van der Waals surface area (Å²) >= 11 is 0. The Morgan fingerprint density at radius 2 is 1.88 bits per heavy atom. The van der Waals surface area contributed by atoms with Crippen molar-refractivity contribution < 1.29 is 5.11 Å². The molecule has 2 heteroatoms. The van der Waals surface area contributed by atoms with Gasteiger partial charge < -0.3 is 10.4 Å². The number of benzene rings is 1. The maximum absolute atomic E-state index is 8.86. The fourth-order valence-electron chi connectivity index (χ4n) is 1.83. The summed E-state index contributed by atoms with van der Waals surface area (Å²) in [6.45, 7) is 8.79. The van der Waals surface area contributed by atoms with E-state index in [4.69, 9.17) is 5.11 Å². The van der Waals surface area contributed by atoms with Crippen molar-refractivity contribution in [3.05, 3.63) is 34.9 Å². The topological polar surface area (TPSA) is 32.3 Å². The van der Waals surface area contributed by atoms with Gasteiger partial charge in [0.2, 0.25) is 0 Å². The minimum absolute atomic E-state index is 0.244. The molecule has 90 valence electrons. The molecule has 0 amide bonds. The van der Waals surface area contributed by atoms with Gasteiger partial charge in [-0.3, -0.25) is 0 Å². The summed E-state index contributed by atoms with van der Waals surface area (Å²) in [7, 11) is 0. The number of rotatable bonds is 5. The molecule has 2 N–H and O–H groups in total. The van der Waals surface area contributed by atoms with Gasteiger partial charge in [0, 0.05) is 18.7 Å². The van der Waals surface area contributed by atoms with Gasteiger partial charge in [-0.05, 0) is 50.8 Å². The lowest BCUT2D eigenvalue weighted by atomic mass is 10.0. The number of aliphatic hydroxyl groups is 1. The Bertz CT molecular complexity index is 336. The van der Waals surface area contributed by atoms with Crippen LogP contribution in [0.15, 0.2) is 18.2 Å². The molecule has 0 aliphatic heterocycles. The zero-order chi connectivity index (χ0) is 12.1. The van der Waals surface area contributed by atoms with E-state index in [1.54, 1.807) is 0 Å². The van der Waals surface area contributed by atoms with Crippen LogP contribution in [-0.2, 0) is 0 Å². The molecular formula is C14H23NO. The molecule has 1 rings (SSSR count). The molecule has 1 unspecified atom stereocenters. The third-order valence-corrected chi connectivity index (χ3v) is 3.13. The van der Waals surface area contributed by atoms with Crippen molar-refractivity contribution in [1.82, 2.24) is 5.32 Å². The van der Waals surface area contributed by atoms with Crippen LogP contribution in [-0.4, -0.2) is 17.8 Å². The van der Waals surface area contributed by atoms with E-state index in [1.165, 1.54) is 16.7 Å². The molecule has 2 nitrogen and oxygen atoms in total. The molecule has 0 bridgehead atoms. The lowest BCUT2D eigenvalue weighted by Crippen LogP contribution is -2.29. The van der Waals surface area contributed by atoms with E-state index < -0.39 is 0 Å². The summed E-state index contributed by atoms with van der Waals surface area (Å²) in [4.78, 5) is 0.